The number of nitrogens with zero attached hydrogens (tertiary/aromatic N) is 1. The largest absolute Gasteiger partial charge is 0.466 e. The SMILES string of the molecule is CC(C)=O.CCOC(C)=O.O.c1ccncc1. The molecule has 5 heteroatoms. The molecule has 0 aromatic carbocycles. The number of aromatic nitrogens is 1. The van der Waals surface area contributed by atoms with Gasteiger partial charge in [-0.25, -0.2) is 0 Å². The molecule has 0 spiro atoms. The van der Waals surface area contributed by atoms with Gasteiger partial charge in [-0.15, -0.1) is 0 Å². The highest BCUT2D eigenvalue weighted by Crippen LogP contribution is 1.73. The number of ketones is 1. The van der Waals surface area contributed by atoms with E-state index in [0.29, 0.717) is 6.61 Å². The van der Waals surface area contributed by atoms with Gasteiger partial charge in [0.1, 0.15) is 5.78 Å². The van der Waals surface area contributed by atoms with Crippen molar-refractivity contribution in [3.8, 4) is 0 Å². The van der Waals surface area contributed by atoms with E-state index in [0.717, 1.165) is 0 Å². The Balaban J connectivity index is -0.000000172. The van der Waals surface area contributed by atoms with Crippen molar-refractivity contribution >= 4 is 11.8 Å². The van der Waals surface area contributed by atoms with Crippen LogP contribution in [0, 0.1) is 0 Å². The molecule has 1 rings (SSSR count). The van der Waals surface area contributed by atoms with Gasteiger partial charge >= 0.3 is 5.97 Å². The number of carbonyl (C=O) groups excluding carboxylic acids is 2. The van der Waals surface area contributed by atoms with Gasteiger partial charge in [0.25, 0.3) is 0 Å². The molecule has 17 heavy (non-hydrogen) atoms. The van der Waals surface area contributed by atoms with E-state index in [-0.39, 0.29) is 17.2 Å². The molecule has 0 saturated heterocycles. The van der Waals surface area contributed by atoms with E-state index in [1.54, 1.807) is 19.3 Å². The number of ether oxygens (including phenoxy) is 1. The van der Waals surface area contributed by atoms with Gasteiger partial charge in [-0.05, 0) is 32.9 Å². The molecule has 0 fully saturated rings. The maximum Gasteiger partial charge on any atom is 0.302 e. The van der Waals surface area contributed by atoms with Gasteiger partial charge in [-0.2, -0.15) is 0 Å². The third-order valence-electron chi connectivity index (χ3n) is 0.914. The topological polar surface area (TPSA) is 87.8 Å². The first-order valence-corrected chi connectivity index (χ1v) is 4.96. The molecule has 98 valence electrons. The van der Waals surface area contributed by atoms with Gasteiger partial charge in [-0.3, -0.25) is 9.78 Å². The van der Waals surface area contributed by atoms with Crippen molar-refractivity contribution < 1.29 is 19.8 Å². The number of pyridine rings is 1. The Labute approximate surface area is 102 Å². The molecule has 0 bridgehead atoms. The predicted octanol–water partition coefficient (Wildman–Crippen LogP) is 1.42. The number of hydrogen-bond donors (Lipinski definition) is 0. The molecule has 0 radical (unpaired) electrons. The van der Waals surface area contributed by atoms with Crippen LogP contribution >= 0.6 is 0 Å². The van der Waals surface area contributed by atoms with Crippen LogP contribution in [0.5, 0.6) is 0 Å². The molecule has 5 nitrogen and oxygen atoms in total. The summed E-state index contributed by atoms with van der Waals surface area (Å²) in [5.74, 6) is -0.0440. The first-order chi connectivity index (χ1) is 7.50. The van der Waals surface area contributed by atoms with Crippen LogP contribution < -0.4 is 0 Å². The highest BCUT2D eigenvalue weighted by molar-refractivity contribution is 5.72. The van der Waals surface area contributed by atoms with E-state index in [1.807, 2.05) is 18.2 Å². The minimum atomic E-state index is -0.211. The van der Waals surface area contributed by atoms with E-state index in [4.69, 9.17) is 0 Å². The van der Waals surface area contributed by atoms with Crippen LogP contribution in [-0.2, 0) is 14.3 Å². The Kier molecular flexibility index (Phi) is 20.2. The Morgan fingerprint density at radius 1 is 1.06 bits per heavy atom. The van der Waals surface area contributed by atoms with Gasteiger partial charge in [0.15, 0.2) is 0 Å². The van der Waals surface area contributed by atoms with E-state index >= 15 is 0 Å². The van der Waals surface area contributed by atoms with Crippen molar-refractivity contribution in [2.45, 2.75) is 27.7 Å². The van der Waals surface area contributed by atoms with Crippen molar-refractivity contribution in [1.29, 1.82) is 0 Å². The molecule has 0 saturated carbocycles. The molecule has 1 aromatic heterocycles. The maximum atomic E-state index is 9.82. The van der Waals surface area contributed by atoms with Crippen molar-refractivity contribution in [2.24, 2.45) is 0 Å². The highest BCUT2D eigenvalue weighted by atomic mass is 16.5. The zero-order valence-corrected chi connectivity index (χ0v) is 10.8. The monoisotopic (exact) mass is 243 g/mol. The lowest BCUT2D eigenvalue weighted by atomic mass is 10.5. The molecule has 1 heterocycles. The van der Waals surface area contributed by atoms with Gasteiger partial charge in [-0.1, -0.05) is 6.07 Å². The van der Waals surface area contributed by atoms with Crippen LogP contribution in [0.15, 0.2) is 30.6 Å². The number of rotatable bonds is 1. The first-order valence-electron chi connectivity index (χ1n) is 4.96. The van der Waals surface area contributed by atoms with Crippen LogP contribution in [0.1, 0.15) is 27.7 Å². The van der Waals surface area contributed by atoms with Crippen LogP contribution in [0.25, 0.3) is 0 Å². The molecule has 2 N–H and O–H groups in total. The Morgan fingerprint density at radius 3 is 1.53 bits per heavy atom. The fourth-order valence-corrected chi connectivity index (χ4v) is 0.516. The lowest BCUT2D eigenvalue weighted by Gasteiger charge is -1.89. The number of Topliss-reactive ketones (excluding diaryl/α,β-unsaturated/α-hetero) is 1. The second-order valence-corrected chi connectivity index (χ2v) is 2.86. The fraction of sp³-hybridized carbons (Fsp3) is 0.417. The summed E-state index contributed by atoms with van der Waals surface area (Å²) in [6, 6.07) is 5.72. The smallest absolute Gasteiger partial charge is 0.302 e. The molecule has 1 aromatic rings. The van der Waals surface area contributed by atoms with Crippen LogP contribution in [0.2, 0.25) is 0 Å². The standard InChI is InChI=1S/C5H5N.C4H8O2.C3H6O.H2O/c1-2-4-6-5-3-1;1-3-6-4(2)5;1-3(2)4;/h1-5H;3H2,1-2H3;1-2H3;1H2. The van der Waals surface area contributed by atoms with Gasteiger partial charge in [0.2, 0.25) is 0 Å². The van der Waals surface area contributed by atoms with Gasteiger partial charge < -0.3 is 15.0 Å². The van der Waals surface area contributed by atoms with E-state index in [1.165, 1.54) is 20.8 Å². The lowest BCUT2D eigenvalue weighted by molar-refractivity contribution is -0.140. The Morgan fingerprint density at radius 2 is 1.47 bits per heavy atom. The van der Waals surface area contributed by atoms with E-state index in [2.05, 4.69) is 9.72 Å². The molecule has 0 aliphatic heterocycles. The zero-order chi connectivity index (χ0) is 12.8. The molecular formula is C12H21NO4. The molecule has 0 atom stereocenters. The third kappa shape index (κ3) is 40.7. The normalized spacial score (nSPS) is 7.06. The van der Waals surface area contributed by atoms with Crippen LogP contribution in [0.3, 0.4) is 0 Å². The minimum absolute atomic E-state index is 0. The maximum absolute atomic E-state index is 9.82. The molecule has 0 aliphatic carbocycles. The molecular weight excluding hydrogens is 222 g/mol. The van der Waals surface area contributed by atoms with E-state index in [9.17, 15) is 9.59 Å². The summed E-state index contributed by atoms with van der Waals surface area (Å²) in [6.45, 7) is 6.71. The lowest BCUT2D eigenvalue weighted by Crippen LogP contribution is -1.95. The first kappa shape index (κ1) is 20.6. The summed E-state index contributed by atoms with van der Waals surface area (Å²) < 4.78 is 4.40. The Hall–Kier alpha value is -1.75. The number of esters is 1. The summed E-state index contributed by atoms with van der Waals surface area (Å²) in [7, 11) is 0. The summed E-state index contributed by atoms with van der Waals surface area (Å²) in [4.78, 5) is 23.1. The van der Waals surface area contributed by atoms with Crippen molar-refractivity contribution in [1.82, 2.24) is 4.98 Å². The quantitative estimate of drug-likeness (QED) is 0.698. The highest BCUT2D eigenvalue weighted by Gasteiger charge is 1.81. The second kappa shape index (κ2) is 16.7. The van der Waals surface area contributed by atoms with Crippen molar-refractivity contribution in [2.75, 3.05) is 6.61 Å². The molecule has 0 amide bonds. The second-order valence-electron chi connectivity index (χ2n) is 2.86. The van der Waals surface area contributed by atoms with Crippen molar-refractivity contribution in [3.05, 3.63) is 30.6 Å². The van der Waals surface area contributed by atoms with E-state index < -0.39 is 0 Å². The van der Waals surface area contributed by atoms with Gasteiger partial charge in [0.05, 0.1) is 6.61 Å². The zero-order valence-electron chi connectivity index (χ0n) is 10.8. The third-order valence-corrected chi connectivity index (χ3v) is 0.914. The minimum Gasteiger partial charge on any atom is -0.466 e. The average Bonchev–Trinajstić information content (AvgIpc) is 2.20. The summed E-state index contributed by atoms with van der Waals surface area (Å²) in [5, 5.41) is 0. The summed E-state index contributed by atoms with van der Waals surface area (Å²) in [5.41, 5.74) is 0. The number of hydrogen-bond acceptors (Lipinski definition) is 4. The van der Waals surface area contributed by atoms with Crippen LogP contribution in [-0.4, -0.2) is 28.8 Å². The van der Waals surface area contributed by atoms with Gasteiger partial charge in [0, 0.05) is 19.3 Å². The van der Waals surface area contributed by atoms with Crippen LogP contribution in [0.4, 0.5) is 0 Å². The average molecular weight is 243 g/mol. The number of carbonyl (C=O) groups is 2. The predicted molar refractivity (Wildman–Crippen MR) is 66.5 cm³/mol. The summed E-state index contributed by atoms with van der Waals surface area (Å²) in [6.07, 6.45) is 3.50. The fourth-order valence-electron chi connectivity index (χ4n) is 0.516. The molecule has 0 unspecified atom stereocenters. The summed E-state index contributed by atoms with van der Waals surface area (Å²) >= 11 is 0. The Bertz CT molecular complexity index is 244. The molecule has 0 aliphatic rings. The van der Waals surface area contributed by atoms with Crippen molar-refractivity contribution in [3.63, 3.8) is 0 Å².